The van der Waals surface area contributed by atoms with Gasteiger partial charge in [0.1, 0.15) is 6.67 Å². The molecule has 0 aliphatic rings. The molecule has 0 spiro atoms. The minimum Gasteiger partial charge on any atom is -0.246 e. The number of hydrogen-bond acceptors (Lipinski definition) is 0. The van der Waals surface area contributed by atoms with Gasteiger partial charge in [0, 0.05) is 0 Å². The summed E-state index contributed by atoms with van der Waals surface area (Å²) in [5, 5.41) is 0. The van der Waals surface area contributed by atoms with E-state index in [0.29, 0.717) is 5.57 Å². The average Bonchev–Trinajstić information content (AvgIpc) is 1.38. The first kappa shape index (κ1) is 4.67. The van der Waals surface area contributed by atoms with Gasteiger partial charge in [0.2, 0.25) is 0 Å². The number of halogens is 1. The molecule has 0 saturated carbocycles. The lowest BCUT2D eigenvalue weighted by Gasteiger charge is -1.75. The van der Waals surface area contributed by atoms with E-state index < -0.39 is 6.67 Å². The molecule has 29 valence electrons. The maximum atomic E-state index is 11.0. The predicted octanol–water partition coefficient (Wildman–Crippen LogP) is 1.34. The van der Waals surface area contributed by atoms with Gasteiger partial charge in [0.25, 0.3) is 0 Å². The minimum absolute atomic E-state index is 0.338. The van der Waals surface area contributed by atoms with Gasteiger partial charge in [-0.05, 0) is 12.5 Å². The molecule has 0 aromatic rings. The van der Waals surface area contributed by atoms with Gasteiger partial charge in [-0.1, -0.05) is 6.58 Å². The summed E-state index contributed by atoms with van der Waals surface area (Å²) < 4.78 is 11.0. The summed E-state index contributed by atoms with van der Waals surface area (Å²) in [6.07, 6.45) is 0. The summed E-state index contributed by atoms with van der Waals surface area (Å²) in [6.45, 7) is 5.88. The Morgan fingerprint density at radius 1 is 2.00 bits per heavy atom. The molecule has 0 aliphatic heterocycles. The fourth-order valence-electron chi connectivity index (χ4n) is 0. The Kier molecular flexibility index (Phi) is 1.81. The summed E-state index contributed by atoms with van der Waals surface area (Å²) in [4.78, 5) is 0. The highest BCUT2D eigenvalue weighted by atomic mass is 19.1. The third kappa shape index (κ3) is 3.67. The van der Waals surface area contributed by atoms with Crippen molar-refractivity contribution in [1.29, 1.82) is 0 Å². The van der Waals surface area contributed by atoms with Crippen LogP contribution in [-0.2, 0) is 0 Å². The van der Waals surface area contributed by atoms with Crippen molar-refractivity contribution in [1.82, 2.24) is 0 Å². The average molecular weight is 73.1 g/mol. The van der Waals surface area contributed by atoms with Crippen molar-refractivity contribution >= 4 is 0 Å². The number of alkyl halides is 1. The third-order valence-corrected chi connectivity index (χ3v) is 0.211. The van der Waals surface area contributed by atoms with Gasteiger partial charge >= 0.3 is 0 Å². The van der Waals surface area contributed by atoms with Gasteiger partial charge in [-0.2, -0.15) is 0 Å². The molecule has 0 atom stereocenters. The Balaban J connectivity index is 2.85. The molecule has 0 rings (SSSR count). The van der Waals surface area contributed by atoms with Crippen molar-refractivity contribution in [3.05, 3.63) is 12.2 Å². The first-order chi connectivity index (χ1) is 2.27. The molecule has 0 saturated heterocycles. The van der Waals surface area contributed by atoms with E-state index in [4.69, 9.17) is 6.58 Å². The van der Waals surface area contributed by atoms with Gasteiger partial charge in [-0.3, -0.25) is 0 Å². The second-order valence-electron chi connectivity index (χ2n) is 0.980. The van der Waals surface area contributed by atoms with Gasteiger partial charge < -0.3 is 0 Å². The smallest absolute Gasteiger partial charge is 0.111 e. The number of rotatable bonds is 1. The lowest BCUT2D eigenvalue weighted by molar-refractivity contribution is 0.543. The van der Waals surface area contributed by atoms with Crippen LogP contribution in [0.15, 0.2) is 5.57 Å². The van der Waals surface area contributed by atoms with Crippen molar-refractivity contribution in [3.8, 4) is 0 Å². The van der Waals surface area contributed by atoms with Gasteiger partial charge in [-0.15, -0.1) is 0 Å². The fraction of sp³-hybridized carbons (Fsp3) is 0.500. The molecule has 0 fully saturated rings. The molecule has 0 unspecified atom stereocenters. The molecule has 0 aliphatic carbocycles. The predicted molar refractivity (Wildman–Crippen MR) is 19.5 cm³/mol. The first-order valence-corrected chi connectivity index (χ1v) is 1.41. The lowest BCUT2D eigenvalue weighted by Crippen LogP contribution is -1.68. The Morgan fingerprint density at radius 2 is 2.20 bits per heavy atom. The van der Waals surface area contributed by atoms with E-state index in [1.807, 2.05) is 0 Å². The van der Waals surface area contributed by atoms with Gasteiger partial charge in [0.05, 0.1) is 0 Å². The molecular weight excluding hydrogens is 67.0 g/mol. The SMILES string of the molecule is [CH]=C(C)CF. The van der Waals surface area contributed by atoms with E-state index in [1.165, 1.54) is 0 Å². The molecule has 0 heterocycles. The normalized spacial score (nSPS) is 7.60. The third-order valence-electron chi connectivity index (χ3n) is 0.211. The van der Waals surface area contributed by atoms with Crippen LogP contribution >= 0.6 is 0 Å². The summed E-state index contributed by atoms with van der Waals surface area (Å²) in [5.74, 6) is 0. The van der Waals surface area contributed by atoms with Crippen molar-refractivity contribution in [3.63, 3.8) is 0 Å². The topological polar surface area (TPSA) is 0 Å². The Bertz CT molecular complexity index is 38.9. The molecule has 0 nitrogen and oxygen atoms in total. The number of hydrogen-bond donors (Lipinski definition) is 0. The first-order valence-electron chi connectivity index (χ1n) is 1.41. The maximum absolute atomic E-state index is 11.0. The van der Waals surface area contributed by atoms with Crippen LogP contribution < -0.4 is 0 Å². The largest absolute Gasteiger partial charge is 0.246 e. The molecule has 0 amide bonds. The highest BCUT2D eigenvalue weighted by Crippen LogP contribution is 1.81. The summed E-state index contributed by atoms with van der Waals surface area (Å²) >= 11 is 0. The second kappa shape index (κ2) is 1.94. The van der Waals surface area contributed by atoms with Crippen LogP contribution in [0.4, 0.5) is 4.39 Å². The highest BCUT2D eigenvalue weighted by Gasteiger charge is 1.72. The maximum Gasteiger partial charge on any atom is 0.111 e. The second-order valence-corrected chi connectivity index (χ2v) is 0.980. The van der Waals surface area contributed by atoms with Crippen LogP contribution in [0, 0.1) is 6.58 Å². The Labute approximate surface area is 31.3 Å². The quantitative estimate of drug-likeness (QED) is 0.439. The molecule has 1 heteroatoms. The van der Waals surface area contributed by atoms with Crippen LogP contribution in [0.5, 0.6) is 0 Å². The van der Waals surface area contributed by atoms with Crippen LogP contribution in [0.3, 0.4) is 0 Å². The Morgan fingerprint density at radius 3 is 2.20 bits per heavy atom. The van der Waals surface area contributed by atoms with Crippen molar-refractivity contribution in [2.24, 2.45) is 0 Å². The molecule has 0 aromatic carbocycles. The molecule has 0 bridgehead atoms. The standard InChI is InChI=1S/C4H6F/c1-4(2)3-5/h1H,3H2,2H3. The van der Waals surface area contributed by atoms with Crippen LogP contribution in [0.2, 0.25) is 0 Å². The summed E-state index contributed by atoms with van der Waals surface area (Å²) in [7, 11) is 0. The summed E-state index contributed by atoms with van der Waals surface area (Å²) in [5.41, 5.74) is 0.338. The van der Waals surface area contributed by atoms with E-state index >= 15 is 0 Å². The molecule has 0 N–H and O–H groups in total. The van der Waals surface area contributed by atoms with Gasteiger partial charge in [0.15, 0.2) is 0 Å². The molecule has 1 radical (unpaired) electrons. The molecule has 0 aromatic heterocycles. The van der Waals surface area contributed by atoms with E-state index in [1.54, 1.807) is 6.92 Å². The van der Waals surface area contributed by atoms with Crippen LogP contribution in [-0.4, -0.2) is 6.67 Å². The van der Waals surface area contributed by atoms with E-state index in [0.717, 1.165) is 0 Å². The molecular formula is C4H6F. The van der Waals surface area contributed by atoms with Gasteiger partial charge in [-0.25, -0.2) is 4.39 Å². The monoisotopic (exact) mass is 73.0 g/mol. The zero-order valence-corrected chi connectivity index (χ0v) is 3.16. The zero-order valence-electron chi connectivity index (χ0n) is 3.16. The Hall–Kier alpha value is -0.330. The lowest BCUT2D eigenvalue weighted by atomic mass is 10.4. The van der Waals surface area contributed by atoms with Crippen molar-refractivity contribution < 1.29 is 4.39 Å². The highest BCUT2D eigenvalue weighted by molar-refractivity contribution is 4.82. The van der Waals surface area contributed by atoms with E-state index in [9.17, 15) is 4.39 Å². The zero-order chi connectivity index (χ0) is 4.28. The van der Waals surface area contributed by atoms with E-state index in [2.05, 4.69) is 0 Å². The van der Waals surface area contributed by atoms with Crippen LogP contribution in [0.1, 0.15) is 6.92 Å². The summed E-state index contributed by atoms with van der Waals surface area (Å²) in [6, 6.07) is 0. The van der Waals surface area contributed by atoms with Crippen LogP contribution in [0.25, 0.3) is 0 Å². The van der Waals surface area contributed by atoms with Crippen molar-refractivity contribution in [2.75, 3.05) is 6.67 Å². The minimum atomic E-state index is -0.500. The molecule has 5 heavy (non-hydrogen) atoms. The van der Waals surface area contributed by atoms with Crippen molar-refractivity contribution in [2.45, 2.75) is 6.92 Å². The fourth-order valence-corrected chi connectivity index (χ4v) is 0. The van der Waals surface area contributed by atoms with E-state index in [-0.39, 0.29) is 0 Å². The number of allylic oxidation sites excluding steroid dienone is 1.